The molecule has 0 aliphatic carbocycles. The molecule has 0 aliphatic heterocycles. The highest BCUT2D eigenvalue weighted by Gasteiger charge is 2.08. The van der Waals surface area contributed by atoms with Crippen molar-refractivity contribution < 1.29 is 5.11 Å². The first-order valence-electron chi connectivity index (χ1n) is 5.67. The van der Waals surface area contributed by atoms with Gasteiger partial charge in [-0.15, -0.1) is 0 Å². The summed E-state index contributed by atoms with van der Waals surface area (Å²) in [7, 11) is 0. The molecule has 2 aromatic rings. The van der Waals surface area contributed by atoms with E-state index in [1.54, 1.807) is 0 Å². The Labute approximate surface area is 95.7 Å². The number of hydrogen-bond donors (Lipinski definition) is 2. The van der Waals surface area contributed by atoms with Gasteiger partial charge in [-0.3, -0.25) is 0 Å². The van der Waals surface area contributed by atoms with Crippen molar-refractivity contribution in [2.24, 2.45) is 5.73 Å². The molecule has 3 N–H and O–H groups in total. The Morgan fingerprint density at radius 2 is 1.81 bits per heavy atom. The Balaban J connectivity index is 2.36. The molecule has 1 atom stereocenters. The van der Waals surface area contributed by atoms with Crippen LogP contribution in [0.5, 0.6) is 0 Å². The van der Waals surface area contributed by atoms with E-state index >= 15 is 0 Å². The molecule has 0 fully saturated rings. The number of fused-ring (bicyclic) bond motifs is 1. The molecule has 0 unspecified atom stereocenters. The van der Waals surface area contributed by atoms with E-state index in [0.717, 1.165) is 12.8 Å². The fourth-order valence-electron chi connectivity index (χ4n) is 2.04. The lowest BCUT2D eigenvalue weighted by Gasteiger charge is -2.14. The van der Waals surface area contributed by atoms with Gasteiger partial charge in [-0.2, -0.15) is 0 Å². The molecule has 2 rings (SSSR count). The van der Waals surface area contributed by atoms with E-state index in [-0.39, 0.29) is 12.6 Å². The van der Waals surface area contributed by atoms with Crippen molar-refractivity contribution in [3.63, 3.8) is 0 Å². The van der Waals surface area contributed by atoms with Crippen LogP contribution in [0.2, 0.25) is 0 Å². The third kappa shape index (κ3) is 2.23. The molecule has 0 aliphatic rings. The topological polar surface area (TPSA) is 46.2 Å². The fourth-order valence-corrected chi connectivity index (χ4v) is 2.04. The first-order chi connectivity index (χ1) is 7.83. The van der Waals surface area contributed by atoms with Crippen LogP contribution >= 0.6 is 0 Å². The molecule has 0 saturated carbocycles. The minimum Gasteiger partial charge on any atom is -0.396 e. The van der Waals surface area contributed by atoms with Gasteiger partial charge in [-0.1, -0.05) is 42.5 Å². The number of hydrogen-bond acceptors (Lipinski definition) is 2. The lowest BCUT2D eigenvalue weighted by Crippen LogP contribution is -2.11. The molecule has 84 valence electrons. The van der Waals surface area contributed by atoms with Crippen molar-refractivity contribution >= 4 is 10.8 Å². The number of aliphatic hydroxyl groups excluding tert-OH is 1. The summed E-state index contributed by atoms with van der Waals surface area (Å²) in [6.45, 7) is 0.207. The predicted molar refractivity (Wildman–Crippen MR) is 67.2 cm³/mol. The molecule has 16 heavy (non-hydrogen) atoms. The average Bonchev–Trinajstić information content (AvgIpc) is 2.35. The Bertz CT molecular complexity index is 462. The van der Waals surface area contributed by atoms with E-state index in [4.69, 9.17) is 10.8 Å². The van der Waals surface area contributed by atoms with Crippen molar-refractivity contribution in [3.05, 3.63) is 48.0 Å². The fraction of sp³-hybridized carbons (Fsp3) is 0.286. The quantitative estimate of drug-likeness (QED) is 0.823. The van der Waals surface area contributed by atoms with E-state index < -0.39 is 0 Å². The Kier molecular flexibility index (Phi) is 3.54. The Hall–Kier alpha value is -1.38. The van der Waals surface area contributed by atoms with E-state index in [9.17, 15) is 0 Å². The van der Waals surface area contributed by atoms with Crippen LogP contribution in [0, 0.1) is 0 Å². The van der Waals surface area contributed by atoms with Crippen molar-refractivity contribution in [2.75, 3.05) is 6.61 Å². The molecule has 0 amide bonds. The van der Waals surface area contributed by atoms with Gasteiger partial charge in [-0.05, 0) is 29.2 Å². The summed E-state index contributed by atoms with van der Waals surface area (Å²) in [5.74, 6) is 0. The van der Waals surface area contributed by atoms with Crippen LogP contribution < -0.4 is 5.73 Å². The van der Waals surface area contributed by atoms with Gasteiger partial charge >= 0.3 is 0 Å². The zero-order chi connectivity index (χ0) is 11.4. The molecule has 0 spiro atoms. The van der Waals surface area contributed by atoms with Crippen molar-refractivity contribution in [1.29, 1.82) is 0 Å². The smallest absolute Gasteiger partial charge is 0.0431 e. The van der Waals surface area contributed by atoms with Crippen molar-refractivity contribution in [2.45, 2.75) is 18.9 Å². The monoisotopic (exact) mass is 215 g/mol. The second-order valence-corrected chi connectivity index (χ2v) is 4.04. The number of aliphatic hydroxyl groups is 1. The van der Waals surface area contributed by atoms with Crippen molar-refractivity contribution in [1.82, 2.24) is 0 Å². The van der Waals surface area contributed by atoms with E-state index in [2.05, 4.69) is 24.3 Å². The Morgan fingerprint density at radius 1 is 1.06 bits per heavy atom. The highest BCUT2D eigenvalue weighted by atomic mass is 16.2. The lowest BCUT2D eigenvalue weighted by molar-refractivity contribution is 0.280. The average molecular weight is 215 g/mol. The maximum atomic E-state index is 8.82. The number of nitrogens with two attached hydrogens (primary N) is 1. The minimum absolute atomic E-state index is 0.0123. The molecule has 0 heterocycles. The maximum absolute atomic E-state index is 8.82. The van der Waals surface area contributed by atoms with E-state index in [0.29, 0.717) is 0 Å². The standard InChI is InChI=1S/C14H17NO/c15-14(9-4-10-16)13-8-3-6-11-5-1-2-7-12(11)13/h1-3,5-8,14,16H,4,9-10,15H2/t14-/m1/s1. The van der Waals surface area contributed by atoms with Gasteiger partial charge in [0.15, 0.2) is 0 Å². The number of rotatable bonds is 4. The van der Waals surface area contributed by atoms with Crippen LogP contribution in [0.3, 0.4) is 0 Å². The van der Waals surface area contributed by atoms with Gasteiger partial charge in [0, 0.05) is 12.6 Å². The zero-order valence-electron chi connectivity index (χ0n) is 9.26. The molecule has 0 radical (unpaired) electrons. The molecule has 2 aromatic carbocycles. The summed E-state index contributed by atoms with van der Waals surface area (Å²) in [6.07, 6.45) is 1.58. The van der Waals surface area contributed by atoms with Crippen LogP contribution in [0.25, 0.3) is 10.8 Å². The summed E-state index contributed by atoms with van der Waals surface area (Å²) >= 11 is 0. The molecule has 2 heteroatoms. The lowest BCUT2D eigenvalue weighted by atomic mass is 9.96. The molecule has 0 bridgehead atoms. The molecule has 0 saturated heterocycles. The van der Waals surface area contributed by atoms with E-state index in [1.807, 2.05) is 18.2 Å². The van der Waals surface area contributed by atoms with Crippen LogP contribution in [0.15, 0.2) is 42.5 Å². The van der Waals surface area contributed by atoms with Gasteiger partial charge in [0.05, 0.1) is 0 Å². The van der Waals surface area contributed by atoms with Gasteiger partial charge in [-0.25, -0.2) is 0 Å². The van der Waals surface area contributed by atoms with Gasteiger partial charge in [0.1, 0.15) is 0 Å². The molecule has 0 aromatic heterocycles. The van der Waals surface area contributed by atoms with Crippen LogP contribution in [-0.2, 0) is 0 Å². The number of benzene rings is 2. The van der Waals surface area contributed by atoms with Gasteiger partial charge in [0.25, 0.3) is 0 Å². The zero-order valence-corrected chi connectivity index (χ0v) is 9.26. The Morgan fingerprint density at radius 3 is 2.62 bits per heavy atom. The third-order valence-corrected chi connectivity index (χ3v) is 2.90. The highest BCUT2D eigenvalue weighted by Crippen LogP contribution is 2.25. The first kappa shape index (κ1) is 11.1. The second-order valence-electron chi connectivity index (χ2n) is 4.04. The van der Waals surface area contributed by atoms with Crippen molar-refractivity contribution in [3.8, 4) is 0 Å². The summed E-state index contributed by atoms with van der Waals surface area (Å²) < 4.78 is 0. The van der Waals surface area contributed by atoms with E-state index in [1.165, 1.54) is 16.3 Å². The van der Waals surface area contributed by atoms with Gasteiger partial charge < -0.3 is 10.8 Å². The SMILES string of the molecule is N[C@H](CCCO)c1cccc2ccccc12. The maximum Gasteiger partial charge on any atom is 0.0431 e. The normalized spacial score (nSPS) is 12.9. The molecular weight excluding hydrogens is 198 g/mol. The van der Waals surface area contributed by atoms with Crippen LogP contribution in [-0.4, -0.2) is 11.7 Å². The predicted octanol–water partition coefficient (Wildman–Crippen LogP) is 2.61. The summed E-state index contributed by atoms with van der Waals surface area (Å²) in [5, 5.41) is 11.3. The van der Waals surface area contributed by atoms with Crippen LogP contribution in [0.1, 0.15) is 24.4 Å². The van der Waals surface area contributed by atoms with Crippen LogP contribution in [0.4, 0.5) is 0 Å². The second kappa shape index (κ2) is 5.10. The minimum atomic E-state index is 0.0123. The molecular formula is C14H17NO. The molecule has 2 nitrogen and oxygen atoms in total. The highest BCUT2D eigenvalue weighted by molar-refractivity contribution is 5.86. The van der Waals surface area contributed by atoms with Gasteiger partial charge in [0.2, 0.25) is 0 Å². The summed E-state index contributed by atoms with van der Waals surface area (Å²) in [6, 6.07) is 14.5. The summed E-state index contributed by atoms with van der Waals surface area (Å²) in [4.78, 5) is 0. The third-order valence-electron chi connectivity index (χ3n) is 2.90. The largest absolute Gasteiger partial charge is 0.396 e. The summed E-state index contributed by atoms with van der Waals surface area (Å²) in [5.41, 5.74) is 7.31. The first-order valence-corrected chi connectivity index (χ1v) is 5.67.